The second-order valence-electron chi connectivity index (χ2n) is 16.6. The zero-order valence-electron chi connectivity index (χ0n) is 31.4. The number of carbonyl (C=O) groups is 5. The van der Waals surface area contributed by atoms with Crippen LogP contribution in [0.5, 0.6) is 0 Å². The van der Waals surface area contributed by atoms with E-state index in [4.69, 9.17) is 23.7 Å². The zero-order chi connectivity index (χ0) is 38.0. The van der Waals surface area contributed by atoms with Gasteiger partial charge in [0.25, 0.3) is 5.91 Å². The number of nitrogens with zero attached hydrogens (tertiary/aromatic N) is 2. The topological polar surface area (TPSA) is 149 Å². The van der Waals surface area contributed by atoms with Crippen molar-refractivity contribution < 1.29 is 47.7 Å². The fourth-order valence-corrected chi connectivity index (χ4v) is 5.33. The molecular formula is C37H52N2O10S. The maximum Gasteiger partial charge on any atom is 0.311 e. The smallest absolute Gasteiger partial charge is 0.311 e. The van der Waals surface area contributed by atoms with Crippen molar-refractivity contribution >= 4 is 41.1 Å². The molecule has 12 nitrogen and oxygen atoms in total. The minimum Gasteiger partial charge on any atom is -0.462 e. The molecule has 276 valence electrons. The van der Waals surface area contributed by atoms with Crippen LogP contribution in [0.15, 0.2) is 40.7 Å². The fraction of sp³-hybridized carbons (Fsp3) is 0.622. The molecule has 0 unspecified atom stereocenters. The van der Waals surface area contributed by atoms with Crippen LogP contribution < -0.4 is 4.80 Å². The predicted molar refractivity (Wildman–Crippen MR) is 186 cm³/mol. The first-order valence-corrected chi connectivity index (χ1v) is 17.5. The lowest BCUT2D eigenvalue weighted by atomic mass is 9.92. The van der Waals surface area contributed by atoms with Crippen LogP contribution in [0.25, 0.3) is 0 Å². The van der Waals surface area contributed by atoms with Crippen LogP contribution in [-0.4, -0.2) is 65.4 Å². The van der Waals surface area contributed by atoms with Crippen LogP contribution in [0.3, 0.4) is 0 Å². The second kappa shape index (κ2) is 15.2. The van der Waals surface area contributed by atoms with E-state index < -0.39 is 88.7 Å². The Hall–Kier alpha value is -3.84. The van der Waals surface area contributed by atoms with Crippen molar-refractivity contribution in [1.29, 1.82) is 0 Å². The van der Waals surface area contributed by atoms with Gasteiger partial charge in [-0.2, -0.15) is 4.99 Å². The van der Waals surface area contributed by atoms with Gasteiger partial charge in [-0.1, -0.05) is 18.2 Å². The summed E-state index contributed by atoms with van der Waals surface area (Å²) in [4.78, 5) is 71.6. The molecule has 1 fully saturated rings. The van der Waals surface area contributed by atoms with E-state index in [0.717, 1.165) is 11.3 Å². The summed E-state index contributed by atoms with van der Waals surface area (Å²) in [6.07, 6.45) is -6.75. The van der Waals surface area contributed by atoms with E-state index in [-0.39, 0.29) is 4.80 Å². The number of aromatic nitrogens is 1. The monoisotopic (exact) mass is 716 g/mol. The van der Waals surface area contributed by atoms with Gasteiger partial charge in [0.2, 0.25) is 0 Å². The molecule has 1 saturated heterocycles. The number of hydrogen-bond acceptors (Lipinski definition) is 11. The molecular weight excluding hydrogens is 664 g/mol. The van der Waals surface area contributed by atoms with Crippen LogP contribution in [0.1, 0.15) is 105 Å². The predicted octanol–water partition coefficient (Wildman–Crippen LogP) is 5.96. The molecule has 0 N–H and O–H groups in total. The first kappa shape index (κ1) is 40.6. The van der Waals surface area contributed by atoms with Crippen molar-refractivity contribution in [2.45, 2.75) is 121 Å². The number of carbonyl (C=O) groups excluding carboxylic acids is 5. The minimum absolute atomic E-state index is 0.203. The standard InChI is InChI=1S/C37H52N2O10S/c1-21-20-50-33(38-27(40)22-17-15-14-16-18-22)39(21)28-26(49-32(44)37(11,12)13)25(48-31(43)36(8,9)10)24(47-30(42)35(5,6)7)23(46-28)19-45-29(41)34(2,3)4/h14-18,20,23-26,28H,19H2,1-13H3/t23-,24-,25+,26-,28-/m1/s1. The Kier molecular flexibility index (Phi) is 12.3. The van der Waals surface area contributed by atoms with Crippen molar-refractivity contribution in [3.8, 4) is 0 Å². The van der Waals surface area contributed by atoms with Crippen LogP contribution in [-0.2, 0) is 42.9 Å². The van der Waals surface area contributed by atoms with Crippen LogP contribution in [0.4, 0.5) is 0 Å². The summed E-state index contributed by atoms with van der Waals surface area (Å²) in [5.41, 5.74) is -2.98. The fourth-order valence-electron chi connectivity index (χ4n) is 4.44. The highest BCUT2D eigenvalue weighted by Gasteiger charge is 2.55. The van der Waals surface area contributed by atoms with Crippen LogP contribution in [0.2, 0.25) is 0 Å². The van der Waals surface area contributed by atoms with Crippen molar-refractivity contribution in [2.75, 3.05) is 6.61 Å². The third kappa shape index (κ3) is 10.1. The highest BCUT2D eigenvalue weighted by molar-refractivity contribution is 7.07. The molecule has 2 heterocycles. The van der Waals surface area contributed by atoms with E-state index in [1.807, 2.05) is 0 Å². The Morgan fingerprint density at radius 2 is 1.16 bits per heavy atom. The van der Waals surface area contributed by atoms with Crippen molar-refractivity contribution in [1.82, 2.24) is 4.57 Å². The summed E-state index contributed by atoms with van der Waals surface area (Å²) >= 11 is 1.15. The normalized spacial score (nSPS) is 22.0. The van der Waals surface area contributed by atoms with E-state index >= 15 is 0 Å². The molecule has 3 rings (SSSR count). The number of hydrogen-bond donors (Lipinski definition) is 0. The molecule has 0 bridgehead atoms. The molecule has 0 aliphatic carbocycles. The first-order chi connectivity index (χ1) is 22.8. The van der Waals surface area contributed by atoms with Gasteiger partial charge in [0.15, 0.2) is 29.3 Å². The van der Waals surface area contributed by atoms with Crippen LogP contribution >= 0.6 is 11.3 Å². The van der Waals surface area contributed by atoms with Gasteiger partial charge in [0, 0.05) is 16.6 Å². The minimum atomic E-state index is -1.44. The largest absolute Gasteiger partial charge is 0.462 e. The lowest BCUT2D eigenvalue weighted by Gasteiger charge is -2.46. The van der Waals surface area contributed by atoms with Gasteiger partial charge in [-0.3, -0.25) is 28.5 Å². The summed E-state index contributed by atoms with van der Waals surface area (Å²) in [6, 6.07) is 8.50. The van der Waals surface area contributed by atoms with Gasteiger partial charge in [0.1, 0.15) is 12.7 Å². The van der Waals surface area contributed by atoms with Gasteiger partial charge in [-0.25, -0.2) is 0 Å². The first-order valence-electron chi connectivity index (χ1n) is 16.6. The molecule has 1 aromatic carbocycles. The number of amides is 1. The van der Waals surface area contributed by atoms with Gasteiger partial charge in [-0.15, -0.1) is 11.3 Å². The maximum atomic E-state index is 13.6. The van der Waals surface area contributed by atoms with Crippen molar-refractivity contribution in [3.05, 3.63) is 51.8 Å². The van der Waals surface area contributed by atoms with E-state index in [1.54, 1.807) is 130 Å². The van der Waals surface area contributed by atoms with Crippen molar-refractivity contribution in [2.24, 2.45) is 26.7 Å². The molecule has 1 amide bonds. The summed E-state index contributed by atoms with van der Waals surface area (Å²) < 4.78 is 32.3. The molecule has 1 aromatic heterocycles. The molecule has 13 heteroatoms. The number of esters is 4. The highest BCUT2D eigenvalue weighted by atomic mass is 32.1. The molecule has 0 spiro atoms. The summed E-state index contributed by atoms with van der Waals surface area (Å²) in [6.45, 7) is 21.4. The van der Waals surface area contributed by atoms with E-state index in [1.165, 1.54) is 0 Å². The van der Waals surface area contributed by atoms with Gasteiger partial charge in [0.05, 0.1) is 21.7 Å². The second-order valence-corrected chi connectivity index (χ2v) is 17.4. The zero-order valence-corrected chi connectivity index (χ0v) is 32.3. The average Bonchev–Trinajstić information content (AvgIpc) is 3.35. The summed E-state index contributed by atoms with van der Waals surface area (Å²) in [5.74, 6) is -3.05. The molecule has 0 saturated carbocycles. The van der Waals surface area contributed by atoms with Crippen molar-refractivity contribution in [3.63, 3.8) is 0 Å². The molecule has 5 atom stereocenters. The number of thiazole rings is 1. The SMILES string of the molecule is Cc1csc(=NC(=O)c2ccccc2)n1[C@@H]1O[C@H](COC(=O)C(C)(C)C)[C@@H](OC(=O)C(C)(C)C)[C@H](OC(=O)C(C)(C)C)[C@H]1OC(=O)C(C)(C)C. The maximum absolute atomic E-state index is 13.6. The van der Waals surface area contributed by atoms with Gasteiger partial charge < -0.3 is 23.7 Å². The third-order valence-corrected chi connectivity index (χ3v) is 8.52. The van der Waals surface area contributed by atoms with Gasteiger partial charge in [-0.05, 0) is 102 Å². The quantitative estimate of drug-likeness (QED) is 0.248. The third-order valence-electron chi connectivity index (χ3n) is 7.56. The molecule has 1 aliphatic heterocycles. The molecule has 50 heavy (non-hydrogen) atoms. The Morgan fingerprint density at radius 3 is 1.64 bits per heavy atom. The number of benzene rings is 1. The molecule has 1 aliphatic rings. The van der Waals surface area contributed by atoms with E-state index in [0.29, 0.717) is 11.3 Å². The molecule has 0 radical (unpaired) electrons. The Bertz CT molecular complexity index is 1630. The van der Waals surface area contributed by atoms with E-state index in [2.05, 4.69) is 4.99 Å². The Balaban J connectivity index is 2.32. The molecule has 2 aromatic rings. The van der Waals surface area contributed by atoms with Crippen LogP contribution in [0, 0.1) is 28.6 Å². The number of aryl methyl sites for hydroxylation is 1. The summed E-state index contributed by atoms with van der Waals surface area (Å²) in [5, 5.41) is 1.75. The Labute approximate surface area is 298 Å². The lowest BCUT2D eigenvalue weighted by Crippen LogP contribution is -2.62. The number of ether oxygens (including phenoxy) is 5. The number of rotatable bonds is 7. The van der Waals surface area contributed by atoms with E-state index in [9.17, 15) is 24.0 Å². The Morgan fingerprint density at radius 1 is 0.700 bits per heavy atom. The highest BCUT2D eigenvalue weighted by Crippen LogP contribution is 2.38. The lowest BCUT2D eigenvalue weighted by molar-refractivity contribution is -0.275. The van der Waals surface area contributed by atoms with Gasteiger partial charge >= 0.3 is 23.9 Å². The summed E-state index contributed by atoms with van der Waals surface area (Å²) in [7, 11) is 0. The average molecular weight is 717 g/mol.